The van der Waals surface area contributed by atoms with Crippen molar-refractivity contribution >= 4 is 21.9 Å². The minimum Gasteiger partial charge on any atom is -0.466 e. The normalized spacial score (nSPS) is 14.3. The molecule has 0 aliphatic carbocycles. The van der Waals surface area contributed by atoms with Gasteiger partial charge in [-0.05, 0) is 30.5 Å². The molecule has 2 unspecified atom stereocenters. The Bertz CT molecular complexity index is 387. The quantitative estimate of drug-likeness (QED) is 0.848. The summed E-state index contributed by atoms with van der Waals surface area (Å²) >= 11 is 3.34. The number of ether oxygens (including phenoxy) is 1. The topological polar surface area (TPSA) is 46.5 Å². The van der Waals surface area contributed by atoms with Gasteiger partial charge in [-0.3, -0.25) is 4.79 Å². The van der Waals surface area contributed by atoms with Crippen molar-refractivity contribution in [3.63, 3.8) is 0 Å². The van der Waals surface area contributed by atoms with Crippen molar-refractivity contribution in [3.05, 3.63) is 34.3 Å². The van der Waals surface area contributed by atoms with Gasteiger partial charge in [0.15, 0.2) is 0 Å². The minimum atomic E-state index is -0.836. The van der Waals surface area contributed by atoms with Crippen LogP contribution in [0.15, 0.2) is 28.7 Å². The molecule has 0 saturated heterocycles. The van der Waals surface area contributed by atoms with E-state index in [9.17, 15) is 9.90 Å². The lowest BCUT2D eigenvalue weighted by Gasteiger charge is -2.24. The Morgan fingerprint density at radius 2 is 1.89 bits per heavy atom. The third kappa shape index (κ3) is 3.82. The van der Waals surface area contributed by atoms with Gasteiger partial charge in [-0.2, -0.15) is 0 Å². The van der Waals surface area contributed by atoms with Crippen molar-refractivity contribution < 1.29 is 14.6 Å². The van der Waals surface area contributed by atoms with Crippen LogP contribution in [0.1, 0.15) is 32.4 Å². The Morgan fingerprint density at radius 3 is 2.33 bits per heavy atom. The number of halogens is 1. The standard InChI is InChI=1S/C14H19BrO3/c1-4-18-14(17)12(9(2)3)13(16)10-5-7-11(15)8-6-10/h5-9,12-13,16H,4H2,1-3H3. The Hall–Kier alpha value is -0.870. The number of hydrogen-bond donors (Lipinski definition) is 1. The Kier molecular flexibility index (Phi) is 5.82. The van der Waals surface area contributed by atoms with Crippen molar-refractivity contribution in [2.75, 3.05) is 6.61 Å². The van der Waals surface area contributed by atoms with E-state index >= 15 is 0 Å². The molecule has 0 radical (unpaired) electrons. The van der Waals surface area contributed by atoms with Gasteiger partial charge in [0.25, 0.3) is 0 Å². The summed E-state index contributed by atoms with van der Waals surface area (Å²) < 4.78 is 5.96. The number of carbonyl (C=O) groups is 1. The van der Waals surface area contributed by atoms with Crippen molar-refractivity contribution in [1.82, 2.24) is 0 Å². The average molecular weight is 315 g/mol. The molecule has 0 saturated carbocycles. The van der Waals surface area contributed by atoms with E-state index in [0.29, 0.717) is 6.61 Å². The smallest absolute Gasteiger partial charge is 0.312 e. The highest BCUT2D eigenvalue weighted by molar-refractivity contribution is 9.10. The lowest BCUT2D eigenvalue weighted by Crippen LogP contribution is -2.29. The summed E-state index contributed by atoms with van der Waals surface area (Å²) in [5.41, 5.74) is 0.727. The molecule has 100 valence electrons. The summed E-state index contributed by atoms with van der Waals surface area (Å²) in [5.74, 6) is -0.864. The van der Waals surface area contributed by atoms with Crippen LogP contribution < -0.4 is 0 Å². The lowest BCUT2D eigenvalue weighted by molar-refractivity contribution is -0.154. The fourth-order valence-corrected chi connectivity index (χ4v) is 2.14. The molecule has 0 aliphatic rings. The van der Waals surface area contributed by atoms with Crippen LogP contribution in [0.3, 0.4) is 0 Å². The molecule has 2 atom stereocenters. The Morgan fingerprint density at radius 1 is 1.33 bits per heavy atom. The van der Waals surface area contributed by atoms with E-state index < -0.39 is 12.0 Å². The molecule has 0 aromatic heterocycles. The van der Waals surface area contributed by atoms with Crippen LogP contribution in [-0.4, -0.2) is 17.7 Å². The molecule has 1 aromatic carbocycles. The summed E-state index contributed by atoms with van der Waals surface area (Å²) in [6, 6.07) is 7.31. The van der Waals surface area contributed by atoms with Crippen molar-refractivity contribution in [2.45, 2.75) is 26.9 Å². The van der Waals surface area contributed by atoms with Gasteiger partial charge >= 0.3 is 5.97 Å². The highest BCUT2D eigenvalue weighted by atomic mass is 79.9. The van der Waals surface area contributed by atoms with Crippen LogP contribution in [0.2, 0.25) is 0 Å². The predicted molar refractivity (Wildman–Crippen MR) is 74.1 cm³/mol. The first-order valence-corrected chi connectivity index (χ1v) is 6.86. The zero-order valence-corrected chi connectivity index (χ0v) is 12.5. The molecule has 0 aliphatic heterocycles. The van der Waals surface area contributed by atoms with Crippen LogP contribution in [0.5, 0.6) is 0 Å². The number of benzene rings is 1. The maximum absolute atomic E-state index is 11.9. The van der Waals surface area contributed by atoms with Gasteiger partial charge in [0.05, 0.1) is 18.6 Å². The fraction of sp³-hybridized carbons (Fsp3) is 0.500. The first kappa shape index (κ1) is 15.2. The highest BCUT2D eigenvalue weighted by Crippen LogP contribution is 2.29. The maximum atomic E-state index is 11.9. The molecule has 0 fully saturated rings. The zero-order chi connectivity index (χ0) is 13.7. The SMILES string of the molecule is CCOC(=O)C(C(C)C)C(O)c1ccc(Br)cc1. The maximum Gasteiger partial charge on any atom is 0.312 e. The van der Waals surface area contributed by atoms with Crippen LogP contribution >= 0.6 is 15.9 Å². The zero-order valence-electron chi connectivity index (χ0n) is 10.9. The molecule has 0 amide bonds. The molecular weight excluding hydrogens is 296 g/mol. The molecule has 18 heavy (non-hydrogen) atoms. The third-order valence-electron chi connectivity index (χ3n) is 2.83. The molecule has 1 N–H and O–H groups in total. The van der Waals surface area contributed by atoms with Crippen LogP contribution in [0.25, 0.3) is 0 Å². The number of rotatable bonds is 5. The molecular formula is C14H19BrO3. The lowest BCUT2D eigenvalue weighted by atomic mass is 9.86. The molecule has 1 aromatic rings. The van der Waals surface area contributed by atoms with Crippen molar-refractivity contribution in [3.8, 4) is 0 Å². The van der Waals surface area contributed by atoms with E-state index in [1.54, 1.807) is 6.92 Å². The second-order valence-electron chi connectivity index (χ2n) is 4.52. The van der Waals surface area contributed by atoms with Crippen LogP contribution in [-0.2, 0) is 9.53 Å². The number of aliphatic hydroxyl groups excluding tert-OH is 1. The van der Waals surface area contributed by atoms with Gasteiger partial charge in [-0.1, -0.05) is 41.9 Å². The first-order valence-electron chi connectivity index (χ1n) is 6.07. The number of esters is 1. The van der Waals surface area contributed by atoms with E-state index in [4.69, 9.17) is 4.74 Å². The van der Waals surface area contributed by atoms with Crippen LogP contribution in [0, 0.1) is 11.8 Å². The molecule has 0 heterocycles. The fourth-order valence-electron chi connectivity index (χ4n) is 1.87. The number of aliphatic hydroxyl groups is 1. The van der Waals surface area contributed by atoms with Gasteiger partial charge < -0.3 is 9.84 Å². The van der Waals surface area contributed by atoms with E-state index in [2.05, 4.69) is 15.9 Å². The van der Waals surface area contributed by atoms with Crippen LogP contribution in [0.4, 0.5) is 0 Å². The summed E-state index contributed by atoms with van der Waals surface area (Å²) in [5, 5.41) is 10.3. The monoisotopic (exact) mass is 314 g/mol. The van der Waals surface area contributed by atoms with Crippen molar-refractivity contribution in [2.24, 2.45) is 11.8 Å². The van der Waals surface area contributed by atoms with Gasteiger partial charge in [0, 0.05) is 4.47 Å². The predicted octanol–water partition coefficient (Wildman–Crippen LogP) is 3.32. The second-order valence-corrected chi connectivity index (χ2v) is 5.43. The van der Waals surface area contributed by atoms with Gasteiger partial charge in [0.1, 0.15) is 0 Å². The minimum absolute atomic E-state index is 0.0164. The Labute approximate surface area is 116 Å². The molecule has 0 spiro atoms. The average Bonchev–Trinajstić information content (AvgIpc) is 2.29. The largest absolute Gasteiger partial charge is 0.466 e. The molecule has 0 bridgehead atoms. The molecule has 4 heteroatoms. The van der Waals surface area contributed by atoms with Gasteiger partial charge in [-0.25, -0.2) is 0 Å². The first-order chi connectivity index (χ1) is 8.47. The van der Waals surface area contributed by atoms with E-state index in [1.807, 2.05) is 38.1 Å². The number of hydrogen-bond acceptors (Lipinski definition) is 3. The second kappa shape index (κ2) is 6.90. The highest BCUT2D eigenvalue weighted by Gasteiger charge is 2.32. The number of carbonyl (C=O) groups excluding carboxylic acids is 1. The summed E-state index contributed by atoms with van der Waals surface area (Å²) in [6.45, 7) is 5.91. The summed E-state index contributed by atoms with van der Waals surface area (Å²) in [7, 11) is 0. The molecule has 1 rings (SSSR count). The Balaban J connectivity index is 2.92. The van der Waals surface area contributed by atoms with Gasteiger partial charge in [-0.15, -0.1) is 0 Å². The van der Waals surface area contributed by atoms with E-state index in [1.165, 1.54) is 0 Å². The summed E-state index contributed by atoms with van der Waals surface area (Å²) in [4.78, 5) is 11.9. The summed E-state index contributed by atoms with van der Waals surface area (Å²) in [6.07, 6.45) is -0.836. The van der Waals surface area contributed by atoms with E-state index in [-0.39, 0.29) is 11.9 Å². The van der Waals surface area contributed by atoms with Crippen molar-refractivity contribution in [1.29, 1.82) is 0 Å². The van der Waals surface area contributed by atoms with E-state index in [0.717, 1.165) is 10.0 Å². The van der Waals surface area contributed by atoms with Gasteiger partial charge in [0.2, 0.25) is 0 Å². The molecule has 3 nitrogen and oxygen atoms in total. The third-order valence-corrected chi connectivity index (χ3v) is 3.36.